The van der Waals surface area contributed by atoms with E-state index in [4.69, 9.17) is 16.3 Å². The first kappa shape index (κ1) is 17.3. The molecule has 1 aliphatic heterocycles. The van der Waals surface area contributed by atoms with Crippen molar-refractivity contribution in [2.24, 2.45) is 5.92 Å². The van der Waals surface area contributed by atoms with Gasteiger partial charge in [0.1, 0.15) is 5.75 Å². The number of carbonyl (C=O) groups is 2. The van der Waals surface area contributed by atoms with Crippen LogP contribution in [0.2, 0.25) is 5.02 Å². The molecule has 1 saturated heterocycles. The number of nitrogens with one attached hydrogen (secondary N) is 1. The largest absolute Gasteiger partial charge is 0.497 e. The number of methoxy groups -OCH3 is 1. The van der Waals surface area contributed by atoms with Gasteiger partial charge >= 0.3 is 0 Å². The summed E-state index contributed by atoms with van der Waals surface area (Å²) in [7, 11) is 1.59. The van der Waals surface area contributed by atoms with Crippen molar-refractivity contribution >= 4 is 34.8 Å². The maximum absolute atomic E-state index is 12.5. The molecule has 130 valence electrons. The molecule has 0 aromatic heterocycles. The fraction of sp³-hybridized carbons (Fsp3) is 0.263. The van der Waals surface area contributed by atoms with E-state index in [0.717, 1.165) is 17.0 Å². The van der Waals surface area contributed by atoms with Crippen LogP contribution in [0.25, 0.3) is 0 Å². The molecule has 2 aromatic carbocycles. The number of hydrogen-bond donors (Lipinski definition) is 1. The molecule has 0 spiro atoms. The number of benzene rings is 2. The normalized spacial score (nSPS) is 16.8. The highest BCUT2D eigenvalue weighted by molar-refractivity contribution is 6.31. The average Bonchev–Trinajstić information content (AvgIpc) is 3.01. The van der Waals surface area contributed by atoms with Crippen molar-refractivity contribution in [3.8, 4) is 5.75 Å². The minimum absolute atomic E-state index is 0.0619. The number of amides is 2. The molecule has 2 aromatic rings. The highest BCUT2D eigenvalue weighted by atomic mass is 35.5. The van der Waals surface area contributed by atoms with E-state index in [1.807, 2.05) is 19.1 Å². The van der Waals surface area contributed by atoms with E-state index in [1.165, 1.54) is 0 Å². The molecule has 5 nitrogen and oxygen atoms in total. The van der Waals surface area contributed by atoms with Gasteiger partial charge in [0.05, 0.1) is 13.0 Å². The zero-order valence-electron chi connectivity index (χ0n) is 14.1. The Hall–Kier alpha value is -2.53. The summed E-state index contributed by atoms with van der Waals surface area (Å²) < 4.78 is 5.13. The third kappa shape index (κ3) is 3.61. The molecular formula is C19H19ClN2O3. The quantitative estimate of drug-likeness (QED) is 0.907. The van der Waals surface area contributed by atoms with Crippen LogP contribution >= 0.6 is 11.6 Å². The SMILES string of the molecule is COc1ccc(N2C[C@H](C(=O)Nc3cccc(Cl)c3C)CC2=O)cc1. The van der Waals surface area contributed by atoms with E-state index in [9.17, 15) is 9.59 Å². The average molecular weight is 359 g/mol. The molecule has 3 rings (SSSR count). The first-order chi connectivity index (χ1) is 12.0. The molecule has 0 unspecified atom stereocenters. The van der Waals surface area contributed by atoms with Gasteiger partial charge in [0, 0.05) is 29.4 Å². The van der Waals surface area contributed by atoms with Crippen molar-refractivity contribution < 1.29 is 14.3 Å². The lowest BCUT2D eigenvalue weighted by molar-refractivity contribution is -0.122. The lowest BCUT2D eigenvalue weighted by atomic mass is 10.1. The van der Waals surface area contributed by atoms with Crippen LogP contribution in [-0.4, -0.2) is 25.5 Å². The van der Waals surface area contributed by atoms with E-state index in [2.05, 4.69) is 5.32 Å². The topological polar surface area (TPSA) is 58.6 Å². The van der Waals surface area contributed by atoms with E-state index in [-0.39, 0.29) is 18.2 Å². The highest BCUT2D eigenvalue weighted by Crippen LogP contribution is 2.29. The molecule has 1 aliphatic rings. The lowest BCUT2D eigenvalue weighted by Crippen LogP contribution is -2.28. The molecular weight excluding hydrogens is 340 g/mol. The van der Waals surface area contributed by atoms with Gasteiger partial charge in [0.2, 0.25) is 11.8 Å². The van der Waals surface area contributed by atoms with Crippen LogP contribution in [0.4, 0.5) is 11.4 Å². The molecule has 0 aliphatic carbocycles. The molecule has 0 saturated carbocycles. The van der Waals surface area contributed by atoms with E-state index < -0.39 is 5.92 Å². The Morgan fingerprint density at radius 2 is 1.96 bits per heavy atom. The van der Waals surface area contributed by atoms with Gasteiger partial charge in [-0.3, -0.25) is 9.59 Å². The fourth-order valence-electron chi connectivity index (χ4n) is 2.87. The van der Waals surface area contributed by atoms with Crippen molar-refractivity contribution in [3.05, 3.63) is 53.1 Å². The molecule has 0 radical (unpaired) electrons. The lowest BCUT2D eigenvalue weighted by Gasteiger charge is -2.17. The van der Waals surface area contributed by atoms with Crippen molar-refractivity contribution in [1.29, 1.82) is 0 Å². The van der Waals surface area contributed by atoms with E-state index in [1.54, 1.807) is 42.3 Å². The van der Waals surface area contributed by atoms with Crippen LogP contribution in [0.1, 0.15) is 12.0 Å². The van der Waals surface area contributed by atoms with Crippen molar-refractivity contribution in [2.45, 2.75) is 13.3 Å². The van der Waals surface area contributed by atoms with Gasteiger partial charge in [0.25, 0.3) is 0 Å². The number of nitrogens with zero attached hydrogens (tertiary/aromatic N) is 1. The summed E-state index contributed by atoms with van der Waals surface area (Å²) in [5, 5.41) is 3.48. The van der Waals surface area contributed by atoms with Gasteiger partial charge in [-0.2, -0.15) is 0 Å². The van der Waals surface area contributed by atoms with Crippen LogP contribution in [0.3, 0.4) is 0 Å². The van der Waals surface area contributed by atoms with Gasteiger partial charge in [-0.1, -0.05) is 17.7 Å². The van der Waals surface area contributed by atoms with Gasteiger partial charge in [0.15, 0.2) is 0 Å². The minimum atomic E-state index is -0.395. The molecule has 1 atom stereocenters. The second-order valence-corrected chi connectivity index (χ2v) is 6.41. The van der Waals surface area contributed by atoms with Gasteiger partial charge in [-0.15, -0.1) is 0 Å². The van der Waals surface area contributed by atoms with Crippen LogP contribution in [-0.2, 0) is 9.59 Å². The number of anilines is 2. The van der Waals surface area contributed by atoms with Crippen LogP contribution in [0.15, 0.2) is 42.5 Å². The minimum Gasteiger partial charge on any atom is -0.497 e. The summed E-state index contributed by atoms with van der Waals surface area (Å²) in [6.07, 6.45) is 0.192. The van der Waals surface area contributed by atoms with Gasteiger partial charge < -0.3 is 15.0 Å². The highest BCUT2D eigenvalue weighted by Gasteiger charge is 2.35. The Kier molecular flexibility index (Phi) is 4.95. The summed E-state index contributed by atoms with van der Waals surface area (Å²) in [6.45, 7) is 2.21. The Morgan fingerprint density at radius 1 is 1.24 bits per heavy atom. The third-order valence-electron chi connectivity index (χ3n) is 4.41. The van der Waals surface area contributed by atoms with Crippen molar-refractivity contribution in [1.82, 2.24) is 0 Å². The maximum atomic E-state index is 12.5. The van der Waals surface area contributed by atoms with Crippen LogP contribution in [0.5, 0.6) is 5.75 Å². The van der Waals surface area contributed by atoms with Gasteiger partial charge in [-0.25, -0.2) is 0 Å². The molecule has 0 bridgehead atoms. The monoisotopic (exact) mass is 358 g/mol. The summed E-state index contributed by atoms with van der Waals surface area (Å²) >= 11 is 6.08. The summed E-state index contributed by atoms with van der Waals surface area (Å²) in [4.78, 5) is 26.5. The zero-order chi connectivity index (χ0) is 18.0. The molecule has 1 heterocycles. The van der Waals surface area contributed by atoms with Crippen LogP contribution in [0, 0.1) is 12.8 Å². The second-order valence-electron chi connectivity index (χ2n) is 6.01. The Bertz CT molecular complexity index is 805. The summed E-state index contributed by atoms with van der Waals surface area (Å²) in [6, 6.07) is 12.6. The summed E-state index contributed by atoms with van der Waals surface area (Å²) in [5.41, 5.74) is 2.25. The molecule has 2 amide bonds. The summed E-state index contributed by atoms with van der Waals surface area (Å²) in [5.74, 6) is 0.0944. The number of ether oxygens (including phenoxy) is 1. The van der Waals surface area contributed by atoms with Gasteiger partial charge in [-0.05, 0) is 48.9 Å². The van der Waals surface area contributed by atoms with Crippen LogP contribution < -0.4 is 15.0 Å². The Balaban J connectivity index is 1.71. The third-order valence-corrected chi connectivity index (χ3v) is 4.81. The molecule has 6 heteroatoms. The number of rotatable bonds is 4. The fourth-order valence-corrected chi connectivity index (χ4v) is 3.05. The number of carbonyl (C=O) groups excluding carboxylic acids is 2. The molecule has 1 fully saturated rings. The molecule has 1 N–H and O–H groups in total. The molecule has 25 heavy (non-hydrogen) atoms. The zero-order valence-corrected chi connectivity index (χ0v) is 14.8. The van der Waals surface area contributed by atoms with Crippen molar-refractivity contribution in [2.75, 3.05) is 23.9 Å². The smallest absolute Gasteiger partial charge is 0.229 e. The predicted molar refractivity (Wildman–Crippen MR) is 98.3 cm³/mol. The Morgan fingerprint density at radius 3 is 2.64 bits per heavy atom. The first-order valence-corrected chi connectivity index (χ1v) is 8.38. The predicted octanol–water partition coefficient (Wildman–Crippen LogP) is 3.65. The number of hydrogen-bond acceptors (Lipinski definition) is 3. The second kappa shape index (κ2) is 7.15. The van der Waals surface area contributed by atoms with Crippen molar-refractivity contribution in [3.63, 3.8) is 0 Å². The Labute approximate surface area is 151 Å². The first-order valence-electron chi connectivity index (χ1n) is 8.00. The number of halogens is 1. The van der Waals surface area contributed by atoms with E-state index in [0.29, 0.717) is 17.3 Å². The standard InChI is InChI=1S/C19H19ClN2O3/c1-12-16(20)4-3-5-17(12)21-19(24)13-10-18(23)22(11-13)14-6-8-15(25-2)9-7-14/h3-9,13H,10-11H2,1-2H3,(H,21,24)/t13-/m1/s1. The van der Waals surface area contributed by atoms with E-state index >= 15 is 0 Å². The maximum Gasteiger partial charge on any atom is 0.229 e.